The third kappa shape index (κ3) is 3.28. The molecule has 0 amide bonds. The van der Waals surface area contributed by atoms with E-state index in [9.17, 15) is 9.59 Å². The second-order valence-electron chi connectivity index (χ2n) is 4.69. The monoisotopic (exact) mass is 287 g/mol. The molecule has 0 unspecified atom stereocenters. The molecule has 0 saturated heterocycles. The molecule has 6 heteroatoms. The quantitative estimate of drug-likeness (QED) is 0.900. The summed E-state index contributed by atoms with van der Waals surface area (Å²) in [5.74, 6) is -1.01. The zero-order valence-electron chi connectivity index (χ0n) is 12.0. The number of carboxylic acid groups (broad SMARTS) is 1. The van der Waals surface area contributed by atoms with Crippen molar-refractivity contribution in [2.45, 2.75) is 13.5 Å². The summed E-state index contributed by atoms with van der Waals surface area (Å²) in [4.78, 5) is 25.1. The number of aromatic carboxylic acids is 1. The molecular formula is C15H17N3O3. The van der Waals surface area contributed by atoms with E-state index in [1.54, 1.807) is 24.4 Å². The summed E-state index contributed by atoms with van der Waals surface area (Å²) < 4.78 is 1.26. The van der Waals surface area contributed by atoms with E-state index in [1.165, 1.54) is 16.8 Å². The van der Waals surface area contributed by atoms with Crippen LogP contribution >= 0.6 is 0 Å². The van der Waals surface area contributed by atoms with E-state index in [4.69, 9.17) is 5.11 Å². The van der Waals surface area contributed by atoms with E-state index in [0.717, 1.165) is 12.2 Å². The Kier molecular flexibility index (Phi) is 4.37. The molecule has 0 spiro atoms. The Morgan fingerprint density at radius 2 is 2.10 bits per heavy atom. The molecule has 0 bridgehead atoms. The van der Waals surface area contributed by atoms with Gasteiger partial charge in [-0.3, -0.25) is 4.79 Å². The van der Waals surface area contributed by atoms with E-state index >= 15 is 0 Å². The Balaban J connectivity index is 2.33. The molecule has 6 nitrogen and oxygen atoms in total. The number of hydrogen-bond acceptors (Lipinski definition) is 4. The first-order chi connectivity index (χ1) is 10.0. The maximum atomic E-state index is 12.1. The topological polar surface area (TPSA) is 75.4 Å². The number of benzene rings is 1. The van der Waals surface area contributed by atoms with Crippen LogP contribution in [0.15, 0.2) is 41.3 Å². The van der Waals surface area contributed by atoms with Crippen LogP contribution in [0.3, 0.4) is 0 Å². The van der Waals surface area contributed by atoms with Crippen LogP contribution in [0.1, 0.15) is 22.8 Å². The fraction of sp³-hybridized carbons (Fsp3) is 0.267. The number of rotatable bonds is 5. The van der Waals surface area contributed by atoms with Gasteiger partial charge in [-0.25, -0.2) is 9.48 Å². The molecule has 1 N–H and O–H groups in total. The van der Waals surface area contributed by atoms with Gasteiger partial charge in [0.25, 0.3) is 5.56 Å². The fourth-order valence-corrected chi connectivity index (χ4v) is 1.96. The van der Waals surface area contributed by atoms with Crippen molar-refractivity contribution in [1.29, 1.82) is 0 Å². The van der Waals surface area contributed by atoms with Crippen molar-refractivity contribution in [3.8, 4) is 0 Å². The largest absolute Gasteiger partial charge is 0.478 e. The normalized spacial score (nSPS) is 10.4. The summed E-state index contributed by atoms with van der Waals surface area (Å²) in [5.41, 5.74) is 1.22. The number of anilines is 1. The fourth-order valence-electron chi connectivity index (χ4n) is 1.96. The first-order valence-corrected chi connectivity index (χ1v) is 6.62. The van der Waals surface area contributed by atoms with Gasteiger partial charge in [-0.2, -0.15) is 5.10 Å². The van der Waals surface area contributed by atoms with Gasteiger partial charge in [0.2, 0.25) is 0 Å². The smallest absolute Gasteiger partial charge is 0.336 e. The maximum absolute atomic E-state index is 12.1. The first-order valence-electron chi connectivity index (χ1n) is 6.62. The van der Waals surface area contributed by atoms with Crippen molar-refractivity contribution in [2.24, 2.45) is 0 Å². The maximum Gasteiger partial charge on any atom is 0.336 e. The molecule has 2 aromatic rings. The van der Waals surface area contributed by atoms with Gasteiger partial charge >= 0.3 is 5.97 Å². The van der Waals surface area contributed by atoms with E-state index in [1.807, 2.05) is 18.9 Å². The second kappa shape index (κ2) is 6.21. The molecule has 0 saturated carbocycles. The Bertz CT molecular complexity index is 709. The van der Waals surface area contributed by atoms with E-state index in [-0.39, 0.29) is 17.7 Å². The van der Waals surface area contributed by atoms with Gasteiger partial charge in [0.05, 0.1) is 24.0 Å². The summed E-state index contributed by atoms with van der Waals surface area (Å²) in [6.45, 7) is 2.89. The molecule has 0 atom stereocenters. The minimum Gasteiger partial charge on any atom is -0.478 e. The predicted octanol–water partition coefficient (Wildman–Crippen LogP) is 1.45. The average molecular weight is 287 g/mol. The van der Waals surface area contributed by atoms with E-state index in [0.29, 0.717) is 5.56 Å². The Labute approximate surface area is 122 Å². The molecule has 110 valence electrons. The lowest BCUT2D eigenvalue weighted by atomic mass is 10.1. The third-order valence-electron chi connectivity index (χ3n) is 3.34. The molecule has 1 aromatic carbocycles. The molecule has 2 rings (SSSR count). The first kappa shape index (κ1) is 14.8. The highest BCUT2D eigenvalue weighted by molar-refractivity contribution is 5.89. The molecule has 1 aromatic heterocycles. The summed E-state index contributed by atoms with van der Waals surface area (Å²) in [5, 5.41) is 13.3. The van der Waals surface area contributed by atoms with Gasteiger partial charge in [-0.05, 0) is 18.6 Å². The van der Waals surface area contributed by atoms with Crippen molar-refractivity contribution in [2.75, 3.05) is 18.5 Å². The van der Waals surface area contributed by atoms with Crippen molar-refractivity contribution >= 4 is 11.7 Å². The minimum atomic E-state index is -1.01. The number of carbonyl (C=O) groups is 1. The van der Waals surface area contributed by atoms with Gasteiger partial charge in [0.15, 0.2) is 0 Å². The number of nitrogens with zero attached hydrogens (tertiary/aromatic N) is 3. The summed E-state index contributed by atoms with van der Waals surface area (Å²) in [7, 11) is 1.88. The molecule has 0 radical (unpaired) electrons. The summed E-state index contributed by atoms with van der Waals surface area (Å²) in [6.07, 6.45) is 1.61. The summed E-state index contributed by atoms with van der Waals surface area (Å²) >= 11 is 0. The van der Waals surface area contributed by atoms with Gasteiger partial charge in [0.1, 0.15) is 0 Å². The molecule has 0 aliphatic heterocycles. The Hall–Kier alpha value is -2.63. The zero-order chi connectivity index (χ0) is 15.4. The van der Waals surface area contributed by atoms with Crippen LogP contribution in [-0.4, -0.2) is 34.4 Å². The highest BCUT2D eigenvalue weighted by atomic mass is 16.4. The van der Waals surface area contributed by atoms with Crippen LogP contribution in [0.2, 0.25) is 0 Å². The standard InChI is InChI=1S/C15H17N3O3/c1-3-17(2)12-8-14(19)18(16-9-12)10-11-6-4-5-7-13(11)15(20)21/h4-9H,3,10H2,1-2H3,(H,20,21). The SMILES string of the molecule is CCN(C)c1cnn(Cc2ccccc2C(=O)O)c(=O)c1. The third-order valence-corrected chi connectivity index (χ3v) is 3.34. The Morgan fingerprint density at radius 1 is 1.38 bits per heavy atom. The van der Waals surface area contributed by atoms with E-state index in [2.05, 4.69) is 5.10 Å². The van der Waals surface area contributed by atoms with Crippen molar-refractivity contribution in [1.82, 2.24) is 9.78 Å². The van der Waals surface area contributed by atoms with Gasteiger partial charge < -0.3 is 10.0 Å². The summed E-state index contributed by atoms with van der Waals surface area (Å²) in [6, 6.07) is 8.10. The van der Waals surface area contributed by atoms with Crippen molar-refractivity contribution in [3.63, 3.8) is 0 Å². The number of aromatic nitrogens is 2. The lowest BCUT2D eigenvalue weighted by Gasteiger charge is -2.16. The van der Waals surface area contributed by atoms with Crippen LogP contribution in [0.4, 0.5) is 5.69 Å². The lowest BCUT2D eigenvalue weighted by molar-refractivity contribution is 0.0695. The number of hydrogen-bond donors (Lipinski definition) is 1. The second-order valence-corrected chi connectivity index (χ2v) is 4.69. The highest BCUT2D eigenvalue weighted by Gasteiger charge is 2.11. The molecule has 0 fully saturated rings. The minimum absolute atomic E-state index is 0.136. The lowest BCUT2D eigenvalue weighted by Crippen LogP contribution is -2.26. The van der Waals surface area contributed by atoms with Crippen LogP contribution in [0.25, 0.3) is 0 Å². The number of carboxylic acids is 1. The highest BCUT2D eigenvalue weighted by Crippen LogP contribution is 2.11. The van der Waals surface area contributed by atoms with Crippen molar-refractivity contribution in [3.05, 3.63) is 58.0 Å². The molecular weight excluding hydrogens is 270 g/mol. The van der Waals surface area contributed by atoms with Crippen molar-refractivity contribution < 1.29 is 9.90 Å². The van der Waals surface area contributed by atoms with Crippen LogP contribution < -0.4 is 10.5 Å². The van der Waals surface area contributed by atoms with Gasteiger partial charge in [-0.1, -0.05) is 18.2 Å². The molecule has 0 aliphatic carbocycles. The zero-order valence-corrected chi connectivity index (χ0v) is 12.0. The van der Waals surface area contributed by atoms with Crippen LogP contribution in [0.5, 0.6) is 0 Å². The van der Waals surface area contributed by atoms with Crippen LogP contribution in [0, 0.1) is 0 Å². The van der Waals surface area contributed by atoms with E-state index < -0.39 is 5.97 Å². The molecule has 1 heterocycles. The Morgan fingerprint density at radius 3 is 2.71 bits per heavy atom. The average Bonchev–Trinajstić information content (AvgIpc) is 2.48. The predicted molar refractivity (Wildman–Crippen MR) is 79.9 cm³/mol. The molecule has 0 aliphatic rings. The van der Waals surface area contributed by atoms with Gasteiger partial charge in [-0.15, -0.1) is 0 Å². The van der Waals surface area contributed by atoms with Gasteiger partial charge in [0, 0.05) is 19.7 Å². The van der Waals surface area contributed by atoms with Crippen LogP contribution in [-0.2, 0) is 6.54 Å². The molecule has 21 heavy (non-hydrogen) atoms.